The second-order valence-corrected chi connectivity index (χ2v) is 8.33. The fraction of sp³-hybridized carbons (Fsp3) is 0.100. The number of nitrogens with one attached hydrogen (secondary N) is 1. The fourth-order valence-electron chi connectivity index (χ4n) is 3.00. The predicted molar refractivity (Wildman–Crippen MR) is 115 cm³/mol. The van der Waals surface area contributed by atoms with Gasteiger partial charge in [0, 0.05) is 30.0 Å². The summed E-state index contributed by atoms with van der Waals surface area (Å²) in [5, 5.41) is 25.2. The Balaban J connectivity index is 2.09. The monoisotopic (exact) mass is 442 g/mol. The lowest BCUT2D eigenvalue weighted by molar-refractivity contribution is -0.385. The third-order valence-electron chi connectivity index (χ3n) is 4.40. The number of sulfonamides is 1. The van der Waals surface area contributed by atoms with Crippen LogP contribution < -0.4 is 9.62 Å². The van der Waals surface area contributed by atoms with E-state index in [0.717, 1.165) is 10.4 Å². The molecule has 0 saturated heterocycles. The zero-order valence-corrected chi connectivity index (χ0v) is 17.1. The van der Waals surface area contributed by atoms with Crippen LogP contribution in [0.3, 0.4) is 0 Å². The maximum absolute atomic E-state index is 13.5. The Morgan fingerprint density at radius 2 is 1.45 bits per heavy atom. The summed E-state index contributed by atoms with van der Waals surface area (Å²) < 4.78 is 28.0. The number of rotatable bonds is 8. The van der Waals surface area contributed by atoms with Crippen molar-refractivity contribution >= 4 is 32.8 Å². The molecule has 0 aromatic heterocycles. The highest BCUT2D eigenvalue weighted by Crippen LogP contribution is 2.30. The molecule has 3 rings (SSSR count). The van der Waals surface area contributed by atoms with Gasteiger partial charge in [-0.1, -0.05) is 24.3 Å². The Morgan fingerprint density at radius 1 is 0.839 bits per heavy atom. The molecule has 0 saturated carbocycles. The second kappa shape index (κ2) is 8.79. The minimum Gasteiger partial charge on any atom is -0.365 e. The van der Waals surface area contributed by atoms with Gasteiger partial charge < -0.3 is 5.32 Å². The lowest BCUT2D eigenvalue weighted by atomic mass is 10.2. The molecule has 1 N–H and O–H groups in total. The van der Waals surface area contributed by atoms with Crippen LogP contribution in [0.25, 0.3) is 0 Å². The molecule has 0 spiro atoms. The molecule has 10 nitrogen and oxygen atoms in total. The van der Waals surface area contributed by atoms with Gasteiger partial charge in [-0.3, -0.25) is 20.2 Å². The van der Waals surface area contributed by atoms with Gasteiger partial charge in [-0.15, -0.1) is 0 Å². The van der Waals surface area contributed by atoms with Crippen LogP contribution >= 0.6 is 0 Å². The number of benzene rings is 3. The van der Waals surface area contributed by atoms with Crippen LogP contribution in [-0.2, 0) is 10.0 Å². The zero-order chi connectivity index (χ0) is 22.6. The molecule has 0 amide bonds. The molecule has 0 bridgehead atoms. The smallest absolute Gasteiger partial charge is 0.270 e. The van der Waals surface area contributed by atoms with E-state index in [2.05, 4.69) is 5.32 Å². The number of hydrogen-bond donors (Lipinski definition) is 1. The quantitative estimate of drug-likeness (QED) is 0.314. The molecule has 0 fully saturated rings. The van der Waals surface area contributed by atoms with E-state index in [-0.39, 0.29) is 22.0 Å². The fourth-order valence-corrected chi connectivity index (χ4v) is 4.61. The molecule has 0 heterocycles. The number of non-ortho nitro benzene ring substituents is 2. The van der Waals surface area contributed by atoms with Crippen molar-refractivity contribution in [3.63, 3.8) is 0 Å². The molecule has 1 unspecified atom stereocenters. The minimum atomic E-state index is -4.27. The predicted octanol–water partition coefficient (Wildman–Crippen LogP) is 4.16. The lowest BCUT2D eigenvalue weighted by Gasteiger charge is -2.31. The van der Waals surface area contributed by atoms with Gasteiger partial charge >= 0.3 is 0 Å². The Kier molecular flexibility index (Phi) is 6.16. The van der Waals surface area contributed by atoms with Crippen molar-refractivity contribution in [3.05, 3.63) is 99.1 Å². The summed E-state index contributed by atoms with van der Waals surface area (Å²) in [6.07, 6.45) is -0.826. The normalized spacial score (nSPS) is 12.0. The van der Waals surface area contributed by atoms with Crippen molar-refractivity contribution in [3.8, 4) is 0 Å². The highest BCUT2D eigenvalue weighted by atomic mass is 32.2. The van der Waals surface area contributed by atoms with E-state index in [9.17, 15) is 28.6 Å². The summed E-state index contributed by atoms with van der Waals surface area (Å²) in [5.74, 6) is 0. The van der Waals surface area contributed by atoms with E-state index in [4.69, 9.17) is 0 Å². The maximum atomic E-state index is 13.5. The summed E-state index contributed by atoms with van der Waals surface area (Å²) in [4.78, 5) is 20.5. The van der Waals surface area contributed by atoms with Crippen LogP contribution in [0, 0.1) is 20.2 Å². The third kappa shape index (κ3) is 4.78. The highest BCUT2D eigenvalue weighted by molar-refractivity contribution is 7.92. The second-order valence-electron chi connectivity index (χ2n) is 6.52. The Hall–Kier alpha value is -3.99. The number of nitrogens with zero attached hydrogens (tertiary/aromatic N) is 3. The van der Waals surface area contributed by atoms with Crippen molar-refractivity contribution in [2.45, 2.75) is 18.0 Å². The standard InChI is InChI=1S/C20H18N4O6S/c1-15(21-16-6-3-2-4-7-16)22(17-10-12-18(13-11-17)23(25)26)31(29,30)20-9-5-8-19(14-20)24(27)28/h2-15,21H,1H3. The van der Waals surface area contributed by atoms with Crippen LogP contribution in [0.2, 0.25) is 0 Å². The molecule has 3 aromatic carbocycles. The molecule has 0 radical (unpaired) electrons. The summed E-state index contributed by atoms with van der Waals surface area (Å²) in [6.45, 7) is 1.60. The Bertz CT molecular complexity index is 1200. The van der Waals surface area contributed by atoms with Gasteiger partial charge in [0.15, 0.2) is 0 Å². The summed E-state index contributed by atoms with van der Waals surface area (Å²) in [6, 6.07) is 18.6. The van der Waals surface area contributed by atoms with Gasteiger partial charge in [-0.2, -0.15) is 0 Å². The summed E-state index contributed by atoms with van der Waals surface area (Å²) in [5.41, 5.74) is 0.248. The van der Waals surface area contributed by atoms with Gasteiger partial charge in [0.1, 0.15) is 6.17 Å². The van der Waals surface area contributed by atoms with E-state index in [0.29, 0.717) is 5.69 Å². The highest BCUT2D eigenvalue weighted by Gasteiger charge is 2.31. The maximum Gasteiger partial charge on any atom is 0.270 e. The number of hydrogen-bond acceptors (Lipinski definition) is 7. The average molecular weight is 442 g/mol. The van der Waals surface area contributed by atoms with Gasteiger partial charge in [-0.05, 0) is 37.3 Å². The SMILES string of the molecule is CC(Nc1ccccc1)N(c1ccc([N+](=O)[O-])cc1)S(=O)(=O)c1cccc([N+](=O)[O-])c1. The first kappa shape index (κ1) is 21.7. The Labute approximate surface area is 178 Å². The molecule has 11 heteroatoms. The van der Waals surface area contributed by atoms with Crippen LogP contribution in [-0.4, -0.2) is 24.4 Å². The third-order valence-corrected chi connectivity index (χ3v) is 6.30. The number of para-hydroxylation sites is 1. The molecular weight excluding hydrogens is 424 g/mol. The lowest BCUT2D eigenvalue weighted by Crippen LogP contribution is -2.43. The first-order valence-electron chi connectivity index (χ1n) is 9.05. The number of anilines is 2. The van der Waals surface area contributed by atoms with Gasteiger partial charge in [-0.25, -0.2) is 12.7 Å². The molecule has 31 heavy (non-hydrogen) atoms. The molecule has 3 aromatic rings. The van der Waals surface area contributed by atoms with E-state index < -0.39 is 26.0 Å². The van der Waals surface area contributed by atoms with E-state index in [1.54, 1.807) is 31.2 Å². The van der Waals surface area contributed by atoms with Crippen molar-refractivity contribution in [2.24, 2.45) is 0 Å². The van der Waals surface area contributed by atoms with E-state index in [1.807, 2.05) is 6.07 Å². The number of nitro benzene ring substituents is 2. The van der Waals surface area contributed by atoms with Crippen LogP contribution in [0.4, 0.5) is 22.7 Å². The topological polar surface area (TPSA) is 136 Å². The van der Waals surface area contributed by atoms with Crippen molar-refractivity contribution in [2.75, 3.05) is 9.62 Å². The van der Waals surface area contributed by atoms with E-state index in [1.165, 1.54) is 42.5 Å². The van der Waals surface area contributed by atoms with Crippen LogP contribution in [0.5, 0.6) is 0 Å². The zero-order valence-electron chi connectivity index (χ0n) is 16.3. The van der Waals surface area contributed by atoms with Crippen molar-refractivity contribution in [1.29, 1.82) is 0 Å². The molecular formula is C20H18N4O6S. The minimum absolute atomic E-state index is 0.160. The summed E-state index contributed by atoms with van der Waals surface area (Å²) in [7, 11) is -4.27. The average Bonchev–Trinajstić information content (AvgIpc) is 2.75. The molecule has 0 aliphatic carbocycles. The largest absolute Gasteiger partial charge is 0.365 e. The molecule has 0 aliphatic rings. The van der Waals surface area contributed by atoms with Gasteiger partial charge in [0.05, 0.1) is 20.4 Å². The summed E-state index contributed by atoms with van der Waals surface area (Å²) >= 11 is 0. The molecule has 160 valence electrons. The van der Waals surface area contributed by atoms with Gasteiger partial charge in [0.25, 0.3) is 21.4 Å². The van der Waals surface area contributed by atoms with E-state index >= 15 is 0 Å². The number of nitro groups is 2. The van der Waals surface area contributed by atoms with Gasteiger partial charge in [0.2, 0.25) is 0 Å². The molecule has 0 aliphatic heterocycles. The first-order chi connectivity index (χ1) is 14.7. The van der Waals surface area contributed by atoms with Crippen LogP contribution in [0.1, 0.15) is 6.92 Å². The first-order valence-corrected chi connectivity index (χ1v) is 10.5. The molecule has 1 atom stereocenters. The Morgan fingerprint density at radius 3 is 2.03 bits per heavy atom. The van der Waals surface area contributed by atoms with Crippen LogP contribution in [0.15, 0.2) is 83.8 Å². The van der Waals surface area contributed by atoms with Crippen molar-refractivity contribution < 1.29 is 18.3 Å². The van der Waals surface area contributed by atoms with Crippen molar-refractivity contribution in [1.82, 2.24) is 0 Å².